The summed E-state index contributed by atoms with van der Waals surface area (Å²) < 4.78 is 1.79. The summed E-state index contributed by atoms with van der Waals surface area (Å²) in [6.07, 6.45) is 1.64. The molecule has 0 aromatic carbocycles. The Morgan fingerprint density at radius 1 is 1.67 bits per heavy atom. The maximum atomic E-state index is 3.82. The van der Waals surface area contributed by atoms with Crippen LogP contribution in [0.3, 0.4) is 0 Å². The van der Waals surface area contributed by atoms with Gasteiger partial charge in [-0.3, -0.25) is 0 Å². The topological polar surface area (TPSA) is 42.7 Å². The largest absolute Gasteiger partial charge is 0.310 e. The molecule has 4 nitrogen and oxygen atoms in total. The summed E-state index contributed by atoms with van der Waals surface area (Å²) in [5.74, 6) is 6.55. The van der Waals surface area contributed by atoms with Crippen molar-refractivity contribution in [2.24, 2.45) is 7.05 Å². The van der Waals surface area contributed by atoms with Gasteiger partial charge in [0.2, 0.25) is 5.82 Å². The molecule has 0 fully saturated rings. The molecule has 0 saturated carbocycles. The highest BCUT2D eigenvalue weighted by Crippen LogP contribution is 1.85. The van der Waals surface area contributed by atoms with Crippen molar-refractivity contribution in [1.29, 1.82) is 0 Å². The molecule has 0 bridgehead atoms. The van der Waals surface area contributed by atoms with E-state index < -0.39 is 0 Å². The summed E-state index contributed by atoms with van der Waals surface area (Å²) >= 11 is 0. The number of hydrogen-bond acceptors (Lipinski definition) is 3. The predicted molar refractivity (Wildman–Crippen MR) is 46.4 cm³/mol. The fourth-order valence-corrected chi connectivity index (χ4v) is 0.707. The zero-order valence-electron chi connectivity index (χ0n) is 7.33. The van der Waals surface area contributed by atoms with Crippen molar-refractivity contribution in [3.63, 3.8) is 0 Å². The molecule has 1 aromatic heterocycles. The van der Waals surface area contributed by atoms with Crippen LogP contribution >= 0.6 is 0 Å². The van der Waals surface area contributed by atoms with E-state index in [0.717, 1.165) is 6.54 Å². The third-order valence-corrected chi connectivity index (χ3v) is 1.37. The van der Waals surface area contributed by atoms with Crippen LogP contribution in [0.5, 0.6) is 0 Å². The quantitative estimate of drug-likeness (QED) is 0.485. The van der Waals surface area contributed by atoms with Crippen LogP contribution in [0.15, 0.2) is 6.33 Å². The molecule has 1 aromatic rings. The van der Waals surface area contributed by atoms with Gasteiger partial charge < -0.3 is 9.88 Å². The van der Waals surface area contributed by atoms with Gasteiger partial charge in [-0.25, -0.2) is 0 Å². The van der Waals surface area contributed by atoms with Crippen LogP contribution in [0.2, 0.25) is 0 Å². The van der Waals surface area contributed by atoms with Crippen molar-refractivity contribution in [2.45, 2.75) is 6.92 Å². The van der Waals surface area contributed by atoms with Crippen LogP contribution in [-0.2, 0) is 7.05 Å². The minimum atomic E-state index is 0.698. The summed E-state index contributed by atoms with van der Waals surface area (Å²) in [5.41, 5.74) is 0. The molecule has 4 heteroatoms. The van der Waals surface area contributed by atoms with Crippen molar-refractivity contribution in [3.8, 4) is 11.8 Å². The third kappa shape index (κ3) is 2.36. The lowest BCUT2D eigenvalue weighted by molar-refractivity contribution is 0.810. The van der Waals surface area contributed by atoms with E-state index in [0.29, 0.717) is 12.4 Å². The van der Waals surface area contributed by atoms with E-state index in [2.05, 4.69) is 27.4 Å². The Bertz CT molecular complexity index is 291. The van der Waals surface area contributed by atoms with Crippen LogP contribution in [0.1, 0.15) is 12.7 Å². The second kappa shape index (κ2) is 4.52. The molecule has 1 N–H and O–H groups in total. The average molecular weight is 164 g/mol. The molecule has 64 valence electrons. The second-order valence-corrected chi connectivity index (χ2v) is 2.35. The van der Waals surface area contributed by atoms with Crippen LogP contribution in [0.25, 0.3) is 0 Å². The van der Waals surface area contributed by atoms with E-state index in [4.69, 9.17) is 0 Å². The first-order valence-electron chi connectivity index (χ1n) is 3.88. The van der Waals surface area contributed by atoms with Gasteiger partial charge in [0, 0.05) is 7.05 Å². The Morgan fingerprint density at radius 3 is 3.08 bits per heavy atom. The average Bonchev–Trinajstić information content (AvgIpc) is 2.46. The molecule has 0 spiro atoms. The number of nitrogens with zero attached hydrogens (tertiary/aromatic N) is 3. The fraction of sp³-hybridized carbons (Fsp3) is 0.500. The van der Waals surface area contributed by atoms with Gasteiger partial charge in [0.15, 0.2) is 0 Å². The smallest absolute Gasteiger partial charge is 0.207 e. The number of hydrogen-bond donors (Lipinski definition) is 1. The van der Waals surface area contributed by atoms with Gasteiger partial charge in [0.25, 0.3) is 0 Å². The highest BCUT2D eigenvalue weighted by Gasteiger charge is 1.91. The summed E-state index contributed by atoms with van der Waals surface area (Å²) in [5, 5.41) is 10.6. The summed E-state index contributed by atoms with van der Waals surface area (Å²) in [7, 11) is 1.87. The van der Waals surface area contributed by atoms with E-state index >= 15 is 0 Å². The molecule has 0 radical (unpaired) electrons. The number of rotatable bonds is 2. The molecule has 0 aliphatic heterocycles. The highest BCUT2D eigenvalue weighted by molar-refractivity contribution is 5.20. The highest BCUT2D eigenvalue weighted by atomic mass is 15.2. The van der Waals surface area contributed by atoms with Gasteiger partial charge in [-0.1, -0.05) is 12.8 Å². The summed E-state index contributed by atoms with van der Waals surface area (Å²) in [4.78, 5) is 0. The van der Waals surface area contributed by atoms with Gasteiger partial charge in [0.1, 0.15) is 6.33 Å². The third-order valence-electron chi connectivity index (χ3n) is 1.37. The lowest BCUT2D eigenvalue weighted by Gasteiger charge is -1.89. The van der Waals surface area contributed by atoms with Crippen LogP contribution in [0.4, 0.5) is 0 Å². The normalized spacial score (nSPS) is 9.17. The molecule has 1 heterocycles. The monoisotopic (exact) mass is 164 g/mol. The van der Waals surface area contributed by atoms with Crippen molar-refractivity contribution in [1.82, 2.24) is 20.1 Å². The standard InChI is InChI=1S/C8H12N4/c1-3-9-6-4-5-8-11-10-7-12(8)2/h7,9H,3,6H2,1-2H3. The molecular weight excluding hydrogens is 152 g/mol. The Labute approximate surface area is 72.0 Å². The molecule has 12 heavy (non-hydrogen) atoms. The van der Waals surface area contributed by atoms with Gasteiger partial charge in [0.05, 0.1) is 6.54 Å². The van der Waals surface area contributed by atoms with Gasteiger partial charge in [-0.2, -0.15) is 0 Å². The maximum absolute atomic E-state index is 3.82. The van der Waals surface area contributed by atoms with Gasteiger partial charge in [-0.05, 0) is 12.5 Å². The van der Waals surface area contributed by atoms with E-state index in [1.54, 1.807) is 10.9 Å². The van der Waals surface area contributed by atoms with Crippen LogP contribution in [0, 0.1) is 11.8 Å². The summed E-state index contributed by atoms with van der Waals surface area (Å²) in [6.45, 7) is 3.68. The van der Waals surface area contributed by atoms with Crippen LogP contribution < -0.4 is 5.32 Å². The van der Waals surface area contributed by atoms with Gasteiger partial charge >= 0.3 is 0 Å². The maximum Gasteiger partial charge on any atom is 0.207 e. The lowest BCUT2D eigenvalue weighted by atomic mass is 10.5. The van der Waals surface area contributed by atoms with Crippen molar-refractivity contribution in [2.75, 3.05) is 13.1 Å². The molecule has 1 rings (SSSR count). The molecule has 0 unspecified atom stereocenters. The predicted octanol–water partition coefficient (Wildman–Crippen LogP) is -0.224. The minimum absolute atomic E-state index is 0.698. The Morgan fingerprint density at radius 2 is 2.50 bits per heavy atom. The molecule has 0 saturated heterocycles. The molecule has 0 aliphatic rings. The second-order valence-electron chi connectivity index (χ2n) is 2.35. The first-order valence-corrected chi connectivity index (χ1v) is 3.88. The number of aryl methyl sites for hydroxylation is 1. The molecule has 0 aliphatic carbocycles. The Kier molecular flexibility index (Phi) is 3.30. The molecule has 0 amide bonds. The first kappa shape index (κ1) is 8.75. The fourth-order valence-electron chi connectivity index (χ4n) is 0.707. The Balaban J connectivity index is 2.49. The zero-order valence-corrected chi connectivity index (χ0v) is 7.33. The van der Waals surface area contributed by atoms with Crippen molar-refractivity contribution < 1.29 is 0 Å². The lowest BCUT2D eigenvalue weighted by Crippen LogP contribution is -2.12. The molecule has 0 atom stereocenters. The zero-order chi connectivity index (χ0) is 8.81. The van der Waals surface area contributed by atoms with Crippen LogP contribution in [-0.4, -0.2) is 27.9 Å². The van der Waals surface area contributed by atoms with E-state index in [-0.39, 0.29) is 0 Å². The summed E-state index contributed by atoms with van der Waals surface area (Å²) in [6, 6.07) is 0. The SMILES string of the molecule is CCNCC#Cc1nncn1C. The van der Waals surface area contributed by atoms with E-state index in [9.17, 15) is 0 Å². The number of aromatic nitrogens is 3. The molecular formula is C8H12N4. The van der Waals surface area contributed by atoms with Gasteiger partial charge in [-0.15, -0.1) is 10.2 Å². The van der Waals surface area contributed by atoms with Crippen molar-refractivity contribution >= 4 is 0 Å². The minimum Gasteiger partial charge on any atom is -0.310 e. The first-order chi connectivity index (χ1) is 5.84. The Hall–Kier alpha value is -1.34. The number of nitrogens with one attached hydrogen (secondary N) is 1. The van der Waals surface area contributed by atoms with E-state index in [1.165, 1.54) is 0 Å². The van der Waals surface area contributed by atoms with Crippen molar-refractivity contribution in [3.05, 3.63) is 12.2 Å². The van der Waals surface area contributed by atoms with E-state index in [1.807, 2.05) is 14.0 Å².